The van der Waals surface area contributed by atoms with Crippen LogP contribution in [0, 0.1) is 0 Å². The molecule has 1 aliphatic rings. The number of carbonyl (C=O) groups is 1. The minimum atomic E-state index is -0.347. The highest BCUT2D eigenvalue weighted by molar-refractivity contribution is 9.10. The second kappa shape index (κ2) is 7.33. The highest BCUT2D eigenvalue weighted by Crippen LogP contribution is 2.54. The number of halogens is 1. The van der Waals surface area contributed by atoms with Gasteiger partial charge in [-0.15, -0.1) is 0 Å². The summed E-state index contributed by atoms with van der Waals surface area (Å²) in [6.45, 7) is 4.48. The third kappa shape index (κ3) is 3.15. The first kappa shape index (κ1) is 18.2. The second-order valence-electron chi connectivity index (χ2n) is 7.10. The van der Waals surface area contributed by atoms with Gasteiger partial charge in [0.05, 0.1) is 0 Å². The molecule has 0 saturated heterocycles. The lowest BCUT2D eigenvalue weighted by molar-refractivity contribution is 0.1000. The van der Waals surface area contributed by atoms with Crippen LogP contribution in [0.3, 0.4) is 0 Å². The van der Waals surface area contributed by atoms with Crippen LogP contribution >= 0.6 is 15.9 Å². The number of primary amides is 1. The molecule has 0 fully saturated rings. The van der Waals surface area contributed by atoms with E-state index in [-0.39, 0.29) is 11.3 Å². The van der Waals surface area contributed by atoms with Crippen molar-refractivity contribution in [2.45, 2.75) is 57.8 Å². The average molecular weight is 400 g/mol. The Kier molecular flexibility index (Phi) is 5.33. The zero-order chi connectivity index (χ0) is 18.0. The molecule has 2 N–H and O–H groups in total. The molecule has 0 unspecified atom stereocenters. The first-order valence-electron chi connectivity index (χ1n) is 9.28. The Labute approximate surface area is 159 Å². The molecular formula is C22H26BrNO. The van der Waals surface area contributed by atoms with Gasteiger partial charge in [0.25, 0.3) is 0 Å². The summed E-state index contributed by atoms with van der Waals surface area (Å²) < 4.78 is 1.12. The van der Waals surface area contributed by atoms with E-state index in [4.69, 9.17) is 5.73 Å². The molecule has 2 aromatic carbocycles. The third-order valence-electron chi connectivity index (χ3n) is 5.52. The van der Waals surface area contributed by atoms with Crippen LogP contribution in [0.5, 0.6) is 0 Å². The van der Waals surface area contributed by atoms with Crippen LogP contribution in [-0.4, -0.2) is 5.91 Å². The van der Waals surface area contributed by atoms with E-state index in [0.29, 0.717) is 5.56 Å². The molecule has 0 aromatic heterocycles. The van der Waals surface area contributed by atoms with Crippen LogP contribution in [0.4, 0.5) is 0 Å². The fourth-order valence-electron chi connectivity index (χ4n) is 4.24. The molecule has 2 nitrogen and oxygen atoms in total. The van der Waals surface area contributed by atoms with Gasteiger partial charge >= 0.3 is 0 Å². The number of unbranched alkanes of at least 4 members (excludes halogenated alkanes) is 2. The van der Waals surface area contributed by atoms with Crippen molar-refractivity contribution in [1.29, 1.82) is 0 Å². The summed E-state index contributed by atoms with van der Waals surface area (Å²) >= 11 is 3.66. The van der Waals surface area contributed by atoms with Crippen LogP contribution < -0.4 is 5.73 Å². The molecule has 0 spiro atoms. The number of hydrogen-bond acceptors (Lipinski definition) is 1. The Bertz CT molecular complexity index is 789. The van der Waals surface area contributed by atoms with E-state index < -0.39 is 0 Å². The summed E-state index contributed by atoms with van der Waals surface area (Å²) in [5.41, 5.74) is 11.4. The number of hydrogen-bond donors (Lipinski definition) is 1. The monoisotopic (exact) mass is 399 g/mol. The van der Waals surface area contributed by atoms with Gasteiger partial charge in [-0.25, -0.2) is 0 Å². The lowest BCUT2D eigenvalue weighted by Crippen LogP contribution is -2.26. The SMILES string of the molecule is CCCCC1(CCCC)c2cc(Br)ccc2-c2ccc(C(N)=O)cc21. The highest BCUT2D eigenvalue weighted by atomic mass is 79.9. The van der Waals surface area contributed by atoms with Crippen LogP contribution in [0.25, 0.3) is 11.1 Å². The van der Waals surface area contributed by atoms with Gasteiger partial charge in [-0.2, -0.15) is 0 Å². The summed E-state index contributed by atoms with van der Waals surface area (Å²) in [5.74, 6) is -0.347. The number of benzene rings is 2. The fraction of sp³-hybridized carbons (Fsp3) is 0.409. The summed E-state index contributed by atoms with van der Waals surface area (Å²) in [4.78, 5) is 11.8. The molecule has 0 saturated carbocycles. The molecule has 0 radical (unpaired) electrons. The molecule has 2 aromatic rings. The van der Waals surface area contributed by atoms with E-state index in [1.54, 1.807) is 0 Å². The molecule has 25 heavy (non-hydrogen) atoms. The van der Waals surface area contributed by atoms with E-state index in [1.807, 2.05) is 6.07 Å². The van der Waals surface area contributed by atoms with Crippen LogP contribution in [0.1, 0.15) is 73.9 Å². The normalized spacial score (nSPS) is 14.2. The summed E-state index contributed by atoms with van der Waals surface area (Å²) in [6.07, 6.45) is 6.92. The molecule has 3 heteroatoms. The third-order valence-corrected chi connectivity index (χ3v) is 6.01. The van der Waals surface area contributed by atoms with Crippen molar-refractivity contribution in [3.05, 3.63) is 57.6 Å². The van der Waals surface area contributed by atoms with Crippen LogP contribution in [0.2, 0.25) is 0 Å². The predicted molar refractivity (Wildman–Crippen MR) is 108 cm³/mol. The van der Waals surface area contributed by atoms with Gasteiger partial charge in [-0.3, -0.25) is 4.79 Å². The van der Waals surface area contributed by atoms with E-state index in [9.17, 15) is 4.79 Å². The smallest absolute Gasteiger partial charge is 0.248 e. The Hall–Kier alpha value is -1.61. The maximum absolute atomic E-state index is 11.8. The zero-order valence-corrected chi connectivity index (χ0v) is 16.7. The number of nitrogens with two attached hydrogens (primary N) is 1. The number of rotatable bonds is 7. The average Bonchev–Trinajstić information content (AvgIpc) is 2.87. The predicted octanol–water partition coefficient (Wildman–Crippen LogP) is 6.19. The van der Waals surface area contributed by atoms with Crippen molar-refractivity contribution in [2.75, 3.05) is 0 Å². The minimum absolute atomic E-state index is 0.00801. The number of amides is 1. The van der Waals surface area contributed by atoms with E-state index >= 15 is 0 Å². The van der Waals surface area contributed by atoms with Crippen molar-refractivity contribution in [3.63, 3.8) is 0 Å². The first-order chi connectivity index (χ1) is 12.0. The van der Waals surface area contributed by atoms with Crippen molar-refractivity contribution in [2.24, 2.45) is 5.73 Å². The summed E-state index contributed by atoms with van der Waals surface area (Å²) in [5, 5.41) is 0. The van der Waals surface area contributed by atoms with E-state index in [0.717, 1.165) is 17.3 Å². The van der Waals surface area contributed by atoms with Crippen molar-refractivity contribution in [1.82, 2.24) is 0 Å². The molecule has 132 valence electrons. The molecule has 3 rings (SSSR count). The molecule has 0 bridgehead atoms. The van der Waals surface area contributed by atoms with Gasteiger partial charge < -0.3 is 5.73 Å². The van der Waals surface area contributed by atoms with Crippen LogP contribution in [-0.2, 0) is 5.41 Å². The molecule has 0 aliphatic heterocycles. The highest BCUT2D eigenvalue weighted by Gasteiger charge is 2.42. The molecule has 1 amide bonds. The second-order valence-corrected chi connectivity index (χ2v) is 8.02. The fourth-order valence-corrected chi connectivity index (χ4v) is 4.60. The van der Waals surface area contributed by atoms with Gasteiger partial charge in [-0.1, -0.05) is 67.6 Å². The topological polar surface area (TPSA) is 43.1 Å². The van der Waals surface area contributed by atoms with Gasteiger partial charge in [0.2, 0.25) is 5.91 Å². The summed E-state index contributed by atoms with van der Waals surface area (Å²) in [6, 6.07) is 12.6. The quantitative estimate of drug-likeness (QED) is 0.591. The molecule has 0 heterocycles. The molecule has 1 aliphatic carbocycles. The standard InChI is InChI=1S/C22H26BrNO/c1-3-5-11-22(12-6-4-2)19-13-15(21(24)25)7-9-17(19)18-10-8-16(23)14-20(18)22/h7-10,13-14H,3-6,11-12H2,1-2H3,(H2,24,25). The molecular weight excluding hydrogens is 374 g/mol. The van der Waals surface area contributed by atoms with Crippen molar-refractivity contribution >= 4 is 21.8 Å². The Morgan fingerprint density at radius 2 is 1.52 bits per heavy atom. The van der Waals surface area contributed by atoms with Gasteiger partial charge in [0, 0.05) is 15.5 Å². The summed E-state index contributed by atoms with van der Waals surface area (Å²) in [7, 11) is 0. The number of carbonyl (C=O) groups excluding carboxylic acids is 1. The number of fused-ring (bicyclic) bond motifs is 3. The zero-order valence-electron chi connectivity index (χ0n) is 15.1. The van der Waals surface area contributed by atoms with Gasteiger partial charge in [0.15, 0.2) is 0 Å². The van der Waals surface area contributed by atoms with Crippen LogP contribution in [0.15, 0.2) is 40.9 Å². The maximum atomic E-state index is 11.8. The Balaban J connectivity index is 2.25. The first-order valence-corrected chi connectivity index (χ1v) is 10.1. The lowest BCUT2D eigenvalue weighted by Gasteiger charge is -2.33. The Morgan fingerprint density at radius 1 is 0.960 bits per heavy atom. The maximum Gasteiger partial charge on any atom is 0.248 e. The Morgan fingerprint density at radius 3 is 2.08 bits per heavy atom. The van der Waals surface area contributed by atoms with Gasteiger partial charge in [-0.05, 0) is 59.4 Å². The molecule has 0 atom stereocenters. The minimum Gasteiger partial charge on any atom is -0.366 e. The van der Waals surface area contributed by atoms with Crippen molar-refractivity contribution in [3.8, 4) is 11.1 Å². The lowest BCUT2D eigenvalue weighted by atomic mass is 9.70. The largest absolute Gasteiger partial charge is 0.366 e. The van der Waals surface area contributed by atoms with Crippen molar-refractivity contribution < 1.29 is 4.79 Å². The van der Waals surface area contributed by atoms with E-state index in [2.05, 4.69) is 60.1 Å². The van der Waals surface area contributed by atoms with Gasteiger partial charge in [0.1, 0.15) is 0 Å². The van der Waals surface area contributed by atoms with E-state index in [1.165, 1.54) is 47.9 Å².